The number of anilines is 2. The van der Waals surface area contributed by atoms with Gasteiger partial charge in [-0.05, 0) is 82.6 Å². The quantitative estimate of drug-likeness (QED) is 0.722. The molecule has 7 heteroatoms. The molecule has 2 aliphatic rings. The van der Waals surface area contributed by atoms with E-state index in [1.165, 1.54) is 25.9 Å². The molecule has 3 heterocycles. The molecule has 0 bridgehead atoms. The molecule has 1 amide bonds. The number of benzene rings is 1. The number of carbonyl (C=O) groups is 1. The van der Waals surface area contributed by atoms with Crippen molar-refractivity contribution in [2.24, 2.45) is 0 Å². The average molecular weight is 452 g/mol. The zero-order chi connectivity index (χ0) is 23.2. The van der Waals surface area contributed by atoms with Gasteiger partial charge in [0.2, 0.25) is 0 Å². The van der Waals surface area contributed by atoms with Crippen LogP contribution in [0.5, 0.6) is 5.75 Å². The van der Waals surface area contributed by atoms with Crippen LogP contribution < -0.4 is 15.0 Å². The maximum Gasteiger partial charge on any atom is 0.274 e. The van der Waals surface area contributed by atoms with Crippen molar-refractivity contribution in [3.05, 3.63) is 48.2 Å². The first-order valence-electron chi connectivity index (χ1n) is 12.2. The lowest BCUT2D eigenvalue weighted by Gasteiger charge is -2.39. The van der Waals surface area contributed by atoms with E-state index in [1.54, 1.807) is 13.2 Å². The van der Waals surface area contributed by atoms with Gasteiger partial charge in [0.25, 0.3) is 5.91 Å². The van der Waals surface area contributed by atoms with Crippen LogP contribution in [0.25, 0.3) is 0 Å². The summed E-state index contributed by atoms with van der Waals surface area (Å²) in [5, 5.41) is 2.93. The van der Waals surface area contributed by atoms with Crippen LogP contribution in [0.15, 0.2) is 42.5 Å². The van der Waals surface area contributed by atoms with Gasteiger partial charge in [0, 0.05) is 44.0 Å². The first kappa shape index (κ1) is 23.5. The van der Waals surface area contributed by atoms with E-state index in [0.717, 1.165) is 49.9 Å². The number of piperidine rings is 1. The van der Waals surface area contributed by atoms with Gasteiger partial charge in [-0.15, -0.1) is 0 Å². The number of hydrogen-bond acceptors (Lipinski definition) is 6. The minimum atomic E-state index is -0.199. The van der Waals surface area contributed by atoms with Crippen molar-refractivity contribution in [3.8, 4) is 5.75 Å². The van der Waals surface area contributed by atoms with E-state index < -0.39 is 0 Å². The summed E-state index contributed by atoms with van der Waals surface area (Å²) < 4.78 is 5.18. The van der Waals surface area contributed by atoms with Crippen LogP contribution in [0.1, 0.15) is 43.6 Å². The molecule has 1 aromatic carbocycles. The Morgan fingerprint density at radius 1 is 1.00 bits per heavy atom. The molecule has 178 valence electrons. The van der Waals surface area contributed by atoms with Crippen LogP contribution in [0.4, 0.5) is 11.5 Å². The van der Waals surface area contributed by atoms with Crippen molar-refractivity contribution in [2.45, 2.75) is 45.2 Å². The van der Waals surface area contributed by atoms with Crippen LogP contribution in [0.2, 0.25) is 0 Å². The Morgan fingerprint density at radius 2 is 1.76 bits per heavy atom. The summed E-state index contributed by atoms with van der Waals surface area (Å²) in [4.78, 5) is 25.1. The fourth-order valence-corrected chi connectivity index (χ4v) is 4.89. The zero-order valence-electron chi connectivity index (χ0n) is 20.2. The Balaban J connectivity index is 1.34. The van der Waals surface area contributed by atoms with E-state index in [9.17, 15) is 4.79 Å². The molecule has 2 aromatic rings. The predicted molar refractivity (Wildman–Crippen MR) is 133 cm³/mol. The monoisotopic (exact) mass is 451 g/mol. The van der Waals surface area contributed by atoms with Gasteiger partial charge in [-0.2, -0.15) is 0 Å². The van der Waals surface area contributed by atoms with E-state index in [-0.39, 0.29) is 5.91 Å². The van der Waals surface area contributed by atoms with E-state index in [1.807, 2.05) is 36.4 Å². The van der Waals surface area contributed by atoms with Crippen molar-refractivity contribution < 1.29 is 9.53 Å². The Labute approximate surface area is 197 Å². The SMILES string of the molecule is COc1ccc(NC(=O)c2cccc(N3CCCN(C4CCN(C(C)C)CC4)CC3)n2)cc1. The molecule has 7 nitrogen and oxygen atoms in total. The summed E-state index contributed by atoms with van der Waals surface area (Å²) in [5.74, 6) is 1.44. The third-order valence-corrected chi connectivity index (χ3v) is 6.92. The van der Waals surface area contributed by atoms with Crippen LogP contribution in [-0.4, -0.2) is 79.2 Å². The largest absolute Gasteiger partial charge is 0.497 e. The number of ether oxygens (including phenoxy) is 1. The summed E-state index contributed by atoms with van der Waals surface area (Å²) in [5.41, 5.74) is 1.16. The molecule has 4 rings (SSSR count). The second-order valence-corrected chi connectivity index (χ2v) is 9.30. The molecule has 2 aliphatic heterocycles. The third kappa shape index (κ3) is 6.03. The molecule has 1 N–H and O–H groups in total. The summed E-state index contributed by atoms with van der Waals surface area (Å²) in [6.07, 6.45) is 3.64. The summed E-state index contributed by atoms with van der Waals surface area (Å²) in [6.45, 7) is 11.1. The molecule has 1 aromatic heterocycles. The van der Waals surface area contributed by atoms with Gasteiger partial charge in [-0.3, -0.25) is 9.69 Å². The van der Waals surface area contributed by atoms with Crippen molar-refractivity contribution >= 4 is 17.4 Å². The smallest absolute Gasteiger partial charge is 0.274 e. The lowest BCUT2D eigenvalue weighted by Crippen LogP contribution is -2.47. The lowest BCUT2D eigenvalue weighted by molar-refractivity contribution is 0.0965. The Kier molecular flexibility index (Phi) is 7.83. The van der Waals surface area contributed by atoms with Gasteiger partial charge >= 0.3 is 0 Å². The lowest BCUT2D eigenvalue weighted by atomic mass is 10.0. The summed E-state index contributed by atoms with van der Waals surface area (Å²) in [7, 11) is 1.63. The highest BCUT2D eigenvalue weighted by Crippen LogP contribution is 2.22. The second-order valence-electron chi connectivity index (χ2n) is 9.30. The van der Waals surface area contributed by atoms with Crippen molar-refractivity contribution in [2.75, 3.05) is 56.6 Å². The fourth-order valence-electron chi connectivity index (χ4n) is 4.89. The first-order chi connectivity index (χ1) is 16.0. The molecule has 0 saturated carbocycles. The Bertz CT molecular complexity index is 909. The van der Waals surface area contributed by atoms with Gasteiger partial charge in [-0.25, -0.2) is 4.98 Å². The third-order valence-electron chi connectivity index (χ3n) is 6.92. The maximum atomic E-state index is 12.8. The number of carbonyl (C=O) groups excluding carboxylic acids is 1. The van der Waals surface area contributed by atoms with Gasteiger partial charge < -0.3 is 19.9 Å². The molecule has 33 heavy (non-hydrogen) atoms. The van der Waals surface area contributed by atoms with Gasteiger partial charge in [-0.1, -0.05) is 6.07 Å². The molecule has 0 radical (unpaired) electrons. The zero-order valence-corrected chi connectivity index (χ0v) is 20.2. The van der Waals surface area contributed by atoms with Gasteiger partial charge in [0.1, 0.15) is 17.3 Å². The van der Waals surface area contributed by atoms with Crippen LogP contribution >= 0.6 is 0 Å². The van der Waals surface area contributed by atoms with Crippen LogP contribution in [-0.2, 0) is 0 Å². The highest BCUT2D eigenvalue weighted by molar-refractivity contribution is 6.03. The molecule has 0 unspecified atom stereocenters. The molecule has 0 aliphatic carbocycles. The minimum absolute atomic E-state index is 0.199. The van der Waals surface area contributed by atoms with E-state index in [0.29, 0.717) is 17.8 Å². The number of nitrogens with one attached hydrogen (secondary N) is 1. The normalized spacial score (nSPS) is 18.8. The molecule has 0 atom stereocenters. The number of pyridine rings is 1. The highest BCUT2D eigenvalue weighted by Gasteiger charge is 2.27. The Hall–Kier alpha value is -2.64. The van der Waals surface area contributed by atoms with Crippen molar-refractivity contribution in [3.63, 3.8) is 0 Å². The van der Waals surface area contributed by atoms with E-state index >= 15 is 0 Å². The van der Waals surface area contributed by atoms with Gasteiger partial charge in [0.15, 0.2) is 0 Å². The van der Waals surface area contributed by atoms with Gasteiger partial charge in [0.05, 0.1) is 7.11 Å². The molecule has 2 saturated heterocycles. The number of aromatic nitrogens is 1. The molecule has 0 spiro atoms. The molecular weight excluding hydrogens is 414 g/mol. The average Bonchev–Trinajstić information content (AvgIpc) is 3.11. The number of methoxy groups -OCH3 is 1. The van der Waals surface area contributed by atoms with Crippen molar-refractivity contribution in [1.82, 2.24) is 14.8 Å². The fraction of sp³-hybridized carbons (Fsp3) is 0.538. The number of amides is 1. The first-order valence-corrected chi connectivity index (χ1v) is 12.2. The topological polar surface area (TPSA) is 60.9 Å². The Morgan fingerprint density at radius 3 is 2.45 bits per heavy atom. The molecular formula is C26H37N5O2. The van der Waals surface area contributed by atoms with Crippen LogP contribution in [0, 0.1) is 0 Å². The van der Waals surface area contributed by atoms with E-state index in [2.05, 4.69) is 33.9 Å². The van der Waals surface area contributed by atoms with Crippen LogP contribution in [0.3, 0.4) is 0 Å². The standard InChI is InChI=1S/C26H37N5O2/c1-20(2)29-16-12-22(13-17-29)30-14-5-15-31(19-18-30)25-7-4-6-24(28-25)26(32)27-21-8-10-23(33-3)11-9-21/h4,6-11,20,22H,5,12-19H2,1-3H3,(H,27,32). The predicted octanol–water partition coefficient (Wildman–Crippen LogP) is 3.73. The summed E-state index contributed by atoms with van der Waals surface area (Å²) in [6, 6.07) is 14.4. The maximum absolute atomic E-state index is 12.8. The summed E-state index contributed by atoms with van der Waals surface area (Å²) >= 11 is 0. The number of rotatable bonds is 6. The van der Waals surface area contributed by atoms with Crippen molar-refractivity contribution in [1.29, 1.82) is 0 Å². The number of nitrogens with zero attached hydrogens (tertiary/aromatic N) is 4. The van der Waals surface area contributed by atoms with E-state index in [4.69, 9.17) is 9.72 Å². The minimum Gasteiger partial charge on any atom is -0.497 e. The number of likely N-dealkylation sites (tertiary alicyclic amines) is 1. The molecule has 2 fully saturated rings. The number of hydrogen-bond donors (Lipinski definition) is 1. The highest BCUT2D eigenvalue weighted by atomic mass is 16.5. The second kappa shape index (κ2) is 11.0.